The van der Waals surface area contributed by atoms with Crippen LogP contribution >= 0.6 is 11.3 Å². The number of para-hydroxylation sites is 1. The summed E-state index contributed by atoms with van der Waals surface area (Å²) >= 11 is 1.52. The van der Waals surface area contributed by atoms with Gasteiger partial charge in [0.1, 0.15) is 11.4 Å². The number of benzene rings is 1. The first kappa shape index (κ1) is 14.7. The molecule has 0 bridgehead atoms. The number of aryl methyl sites for hydroxylation is 2. The van der Waals surface area contributed by atoms with Crippen molar-refractivity contribution >= 4 is 21.6 Å². The number of hydrogen-bond donors (Lipinski definition) is 0. The first-order valence-electron chi connectivity index (χ1n) is 6.90. The average molecular weight is 318 g/mol. The van der Waals surface area contributed by atoms with Gasteiger partial charge in [-0.05, 0) is 31.5 Å². The van der Waals surface area contributed by atoms with E-state index in [0.717, 1.165) is 15.3 Å². The van der Waals surface area contributed by atoms with Gasteiger partial charge in [0.05, 0.1) is 18.3 Å². The minimum Gasteiger partial charge on any atom is -0.489 e. The fourth-order valence-corrected chi connectivity index (χ4v) is 3.23. The lowest BCUT2D eigenvalue weighted by atomic mass is 10.2. The number of nitrogens with zero attached hydrogens (tertiary/aromatic N) is 2. The molecule has 0 spiro atoms. The van der Waals surface area contributed by atoms with Crippen LogP contribution < -0.4 is 10.3 Å². The lowest BCUT2D eigenvalue weighted by Gasteiger charge is -2.08. The first-order chi connectivity index (χ1) is 10.6. The quantitative estimate of drug-likeness (QED) is 0.741. The Balaban J connectivity index is 1.80. The number of rotatable bonds is 4. The predicted octanol–water partition coefficient (Wildman–Crippen LogP) is 3.29. The summed E-state index contributed by atoms with van der Waals surface area (Å²) in [6, 6.07) is 6.21. The van der Waals surface area contributed by atoms with Crippen molar-refractivity contribution in [3.8, 4) is 5.75 Å². The second-order valence-corrected chi connectivity index (χ2v) is 6.19. The summed E-state index contributed by atoms with van der Waals surface area (Å²) in [5, 5.41) is 0.663. The molecule has 0 atom stereocenters. The molecule has 1 aromatic carbocycles. The van der Waals surface area contributed by atoms with Gasteiger partial charge in [-0.25, -0.2) is 9.37 Å². The fraction of sp³-hybridized carbons (Fsp3) is 0.250. The van der Waals surface area contributed by atoms with Gasteiger partial charge in [0.25, 0.3) is 5.56 Å². The fourth-order valence-electron chi connectivity index (χ4n) is 2.24. The molecule has 22 heavy (non-hydrogen) atoms. The maximum atomic E-state index is 13.5. The average Bonchev–Trinajstić information content (AvgIpc) is 2.79. The number of fused-ring (bicyclic) bond motifs is 1. The topological polar surface area (TPSA) is 44.1 Å². The van der Waals surface area contributed by atoms with Gasteiger partial charge in [0.2, 0.25) is 0 Å². The maximum absolute atomic E-state index is 13.5. The van der Waals surface area contributed by atoms with Gasteiger partial charge in [-0.15, -0.1) is 11.3 Å². The van der Waals surface area contributed by atoms with Gasteiger partial charge in [-0.1, -0.05) is 12.1 Å². The molecule has 0 aliphatic carbocycles. The highest BCUT2D eigenvalue weighted by Gasteiger charge is 2.12. The van der Waals surface area contributed by atoms with Crippen LogP contribution in [0.2, 0.25) is 0 Å². The summed E-state index contributed by atoms with van der Waals surface area (Å²) in [5.41, 5.74) is 0.894. The van der Waals surface area contributed by atoms with Crippen molar-refractivity contribution < 1.29 is 9.13 Å². The summed E-state index contributed by atoms with van der Waals surface area (Å²) in [5.74, 6) is -0.222. The van der Waals surface area contributed by atoms with Crippen LogP contribution in [0.4, 0.5) is 4.39 Å². The van der Waals surface area contributed by atoms with Gasteiger partial charge >= 0.3 is 0 Å². The Bertz CT molecular complexity index is 885. The monoisotopic (exact) mass is 318 g/mol. The Labute approximate surface area is 130 Å². The minimum absolute atomic E-state index is 0.0796. The number of hydrogen-bond acceptors (Lipinski definition) is 4. The Morgan fingerprint density at radius 3 is 2.86 bits per heavy atom. The third kappa shape index (κ3) is 2.62. The number of thiophene rings is 1. The number of aromatic nitrogens is 2. The molecule has 0 saturated carbocycles. The molecule has 0 aliphatic rings. The Hall–Kier alpha value is -2.21. The third-order valence-electron chi connectivity index (χ3n) is 3.58. The van der Waals surface area contributed by atoms with E-state index in [4.69, 9.17) is 4.74 Å². The Morgan fingerprint density at radius 2 is 2.09 bits per heavy atom. The smallest absolute Gasteiger partial charge is 0.262 e. The van der Waals surface area contributed by atoms with Crippen molar-refractivity contribution in [3.05, 3.63) is 57.2 Å². The number of ether oxygens (including phenoxy) is 1. The predicted molar refractivity (Wildman–Crippen MR) is 85.2 cm³/mol. The molecule has 6 heteroatoms. The third-order valence-corrected chi connectivity index (χ3v) is 4.70. The van der Waals surface area contributed by atoms with E-state index in [1.54, 1.807) is 18.2 Å². The normalized spacial score (nSPS) is 11.0. The van der Waals surface area contributed by atoms with Crippen molar-refractivity contribution in [2.45, 2.75) is 20.4 Å². The zero-order chi connectivity index (χ0) is 15.7. The molecule has 0 N–H and O–H groups in total. The SMILES string of the molecule is Cc1sc2ncn(CCOc3ccccc3F)c(=O)c2c1C. The van der Waals surface area contributed by atoms with Gasteiger partial charge in [-0.2, -0.15) is 0 Å². The summed E-state index contributed by atoms with van der Waals surface area (Å²) in [6.07, 6.45) is 1.52. The van der Waals surface area contributed by atoms with Crippen molar-refractivity contribution in [3.63, 3.8) is 0 Å². The van der Waals surface area contributed by atoms with Crippen LogP contribution in [0.15, 0.2) is 35.4 Å². The molecule has 3 rings (SSSR count). The molecular weight excluding hydrogens is 303 g/mol. The van der Waals surface area contributed by atoms with Gasteiger partial charge in [-0.3, -0.25) is 9.36 Å². The maximum Gasteiger partial charge on any atom is 0.262 e. The number of halogens is 1. The van der Waals surface area contributed by atoms with Crippen molar-refractivity contribution in [2.24, 2.45) is 0 Å². The van der Waals surface area contributed by atoms with Crippen molar-refractivity contribution in [2.75, 3.05) is 6.61 Å². The lowest BCUT2D eigenvalue weighted by molar-refractivity contribution is 0.282. The molecule has 2 aromatic heterocycles. The molecule has 3 aromatic rings. The van der Waals surface area contributed by atoms with E-state index in [1.807, 2.05) is 13.8 Å². The molecule has 4 nitrogen and oxygen atoms in total. The van der Waals surface area contributed by atoms with Crippen LogP contribution in [0, 0.1) is 19.7 Å². The van der Waals surface area contributed by atoms with E-state index < -0.39 is 5.82 Å². The molecule has 0 aliphatic heterocycles. The van der Waals surface area contributed by atoms with Gasteiger partial charge < -0.3 is 4.74 Å². The second-order valence-electron chi connectivity index (χ2n) is 4.99. The highest BCUT2D eigenvalue weighted by Crippen LogP contribution is 2.25. The van der Waals surface area contributed by atoms with Crippen molar-refractivity contribution in [1.29, 1.82) is 0 Å². The standard InChI is InChI=1S/C16H15FN2O2S/c1-10-11(2)22-15-14(10)16(20)19(9-18-15)7-8-21-13-6-4-3-5-12(13)17/h3-6,9H,7-8H2,1-2H3. The molecule has 2 heterocycles. The van der Waals surface area contributed by atoms with E-state index in [1.165, 1.54) is 28.3 Å². The molecular formula is C16H15FN2O2S. The summed E-state index contributed by atoms with van der Waals surface area (Å²) < 4.78 is 20.3. The summed E-state index contributed by atoms with van der Waals surface area (Å²) in [4.78, 5) is 18.6. The van der Waals surface area contributed by atoms with E-state index in [2.05, 4.69) is 4.98 Å². The van der Waals surface area contributed by atoms with Gasteiger partial charge in [0, 0.05) is 4.88 Å². The zero-order valence-electron chi connectivity index (χ0n) is 12.3. The lowest BCUT2D eigenvalue weighted by Crippen LogP contribution is -2.23. The summed E-state index contributed by atoms with van der Waals surface area (Å²) in [6.45, 7) is 4.44. The Kier molecular flexibility index (Phi) is 3.94. The molecule has 0 radical (unpaired) electrons. The molecule has 114 valence electrons. The van der Waals surface area contributed by atoms with E-state index in [9.17, 15) is 9.18 Å². The molecule has 0 amide bonds. The van der Waals surface area contributed by atoms with Crippen LogP contribution in [0.25, 0.3) is 10.2 Å². The van der Waals surface area contributed by atoms with Crippen LogP contribution in [0.3, 0.4) is 0 Å². The zero-order valence-corrected chi connectivity index (χ0v) is 13.1. The molecule has 0 saturated heterocycles. The summed E-state index contributed by atoms with van der Waals surface area (Å²) in [7, 11) is 0. The van der Waals surface area contributed by atoms with E-state index in [0.29, 0.717) is 11.9 Å². The van der Waals surface area contributed by atoms with Crippen LogP contribution in [0.5, 0.6) is 5.75 Å². The van der Waals surface area contributed by atoms with Crippen LogP contribution in [-0.4, -0.2) is 16.2 Å². The molecule has 0 fully saturated rings. The Morgan fingerprint density at radius 1 is 1.32 bits per heavy atom. The molecule has 0 unspecified atom stereocenters. The van der Waals surface area contributed by atoms with E-state index in [-0.39, 0.29) is 17.9 Å². The highest BCUT2D eigenvalue weighted by atomic mass is 32.1. The first-order valence-corrected chi connectivity index (χ1v) is 7.72. The highest BCUT2D eigenvalue weighted by molar-refractivity contribution is 7.18. The minimum atomic E-state index is -0.410. The van der Waals surface area contributed by atoms with E-state index >= 15 is 0 Å². The van der Waals surface area contributed by atoms with Crippen LogP contribution in [0.1, 0.15) is 10.4 Å². The second kappa shape index (κ2) is 5.88. The van der Waals surface area contributed by atoms with Gasteiger partial charge in [0.15, 0.2) is 11.6 Å². The van der Waals surface area contributed by atoms with Crippen molar-refractivity contribution in [1.82, 2.24) is 9.55 Å². The van der Waals surface area contributed by atoms with Crippen LogP contribution in [-0.2, 0) is 6.54 Å². The largest absolute Gasteiger partial charge is 0.489 e.